The molecule has 0 aliphatic rings. The number of alkyl halides is 3. The van der Waals surface area contributed by atoms with Crippen LogP contribution in [0.1, 0.15) is 43.7 Å². The first-order chi connectivity index (χ1) is 21.0. The number of imidazole rings is 1. The van der Waals surface area contributed by atoms with Gasteiger partial charge in [0.05, 0.1) is 24.6 Å². The van der Waals surface area contributed by atoms with E-state index in [1.807, 2.05) is 20.8 Å². The van der Waals surface area contributed by atoms with Gasteiger partial charge in [0.25, 0.3) is 5.56 Å². The van der Waals surface area contributed by atoms with Gasteiger partial charge in [-0.1, -0.05) is 11.6 Å². The number of carbonyl (C=O) groups is 2. The third-order valence-electron chi connectivity index (χ3n) is 6.39. The molecule has 3 aromatic heterocycles. The standard InChI is InChI=1S/C30H30ClF3N4O7/c1-29(2,3)45-10-9-22(27(40)35-18-6-8-25-36-21(28(41)42)14-37(25)13-18)38-15-24(43-4)20(12-26(38)39)19-11-17(31)5-7-23(19)44-16-30(32,33)34/h5-8,11-15,22H,9-10,16H2,1-4H3,(H,35,40)(H,41,42). The molecule has 1 amide bonds. The van der Waals surface area contributed by atoms with Crippen LogP contribution in [0.4, 0.5) is 18.9 Å². The first kappa shape index (κ1) is 33.3. The molecule has 0 aliphatic carbocycles. The van der Waals surface area contributed by atoms with Gasteiger partial charge in [-0.3, -0.25) is 14.2 Å². The summed E-state index contributed by atoms with van der Waals surface area (Å²) in [5, 5.41) is 12.1. The van der Waals surface area contributed by atoms with Gasteiger partial charge >= 0.3 is 12.1 Å². The van der Waals surface area contributed by atoms with Crippen molar-refractivity contribution in [1.29, 1.82) is 0 Å². The topological polar surface area (TPSA) is 133 Å². The Balaban J connectivity index is 1.73. The number of hydrogen-bond donors (Lipinski definition) is 2. The molecule has 0 radical (unpaired) electrons. The van der Waals surface area contributed by atoms with Crippen LogP contribution in [-0.4, -0.2) is 63.0 Å². The number of amides is 1. The number of rotatable bonds is 11. The van der Waals surface area contributed by atoms with Gasteiger partial charge in [-0.25, -0.2) is 9.78 Å². The molecule has 0 fully saturated rings. The third-order valence-corrected chi connectivity index (χ3v) is 6.62. The largest absolute Gasteiger partial charge is 0.495 e. The number of nitrogens with zero attached hydrogens (tertiary/aromatic N) is 3. The van der Waals surface area contributed by atoms with Crippen LogP contribution in [0.15, 0.2) is 59.8 Å². The summed E-state index contributed by atoms with van der Waals surface area (Å²) in [4.78, 5) is 42.5. The quantitative estimate of drug-likeness (QED) is 0.207. The van der Waals surface area contributed by atoms with E-state index in [9.17, 15) is 32.7 Å². The molecule has 1 aromatic carbocycles. The number of carboxylic acid groups (broad SMARTS) is 1. The fourth-order valence-corrected chi connectivity index (χ4v) is 4.58. The minimum atomic E-state index is -4.61. The maximum absolute atomic E-state index is 13.7. The number of carboxylic acids is 1. The van der Waals surface area contributed by atoms with Gasteiger partial charge in [-0.2, -0.15) is 13.2 Å². The van der Waals surface area contributed by atoms with Crippen molar-refractivity contribution in [3.05, 3.63) is 76.1 Å². The van der Waals surface area contributed by atoms with Crippen molar-refractivity contribution < 1.29 is 42.1 Å². The number of aromatic carboxylic acids is 1. The molecular formula is C30H30ClF3N4O7. The number of anilines is 1. The summed E-state index contributed by atoms with van der Waals surface area (Å²) in [6.45, 7) is 4.02. The van der Waals surface area contributed by atoms with Crippen LogP contribution in [0.2, 0.25) is 5.02 Å². The lowest BCUT2D eigenvalue weighted by atomic mass is 10.0. The predicted octanol–water partition coefficient (Wildman–Crippen LogP) is 5.85. The van der Waals surface area contributed by atoms with Gasteiger partial charge in [-0.15, -0.1) is 0 Å². The fraction of sp³-hybridized carbons (Fsp3) is 0.333. The van der Waals surface area contributed by atoms with Crippen LogP contribution in [0.5, 0.6) is 11.5 Å². The van der Waals surface area contributed by atoms with E-state index in [4.69, 9.17) is 25.8 Å². The van der Waals surface area contributed by atoms with Crippen LogP contribution in [0.3, 0.4) is 0 Å². The molecule has 2 N–H and O–H groups in total. The molecule has 0 aliphatic heterocycles. The Morgan fingerprint density at radius 2 is 1.76 bits per heavy atom. The molecule has 1 unspecified atom stereocenters. The number of carbonyl (C=O) groups excluding carboxylic acids is 1. The van der Waals surface area contributed by atoms with E-state index in [0.717, 1.165) is 10.6 Å². The Labute approximate surface area is 260 Å². The number of pyridine rings is 2. The number of benzene rings is 1. The van der Waals surface area contributed by atoms with Crippen molar-refractivity contribution >= 4 is 34.8 Å². The summed E-state index contributed by atoms with van der Waals surface area (Å²) in [6, 6.07) is 7.00. The zero-order valence-corrected chi connectivity index (χ0v) is 25.4. The van der Waals surface area contributed by atoms with Gasteiger partial charge in [0.2, 0.25) is 5.91 Å². The molecule has 240 valence electrons. The Morgan fingerprint density at radius 1 is 1.04 bits per heavy atom. The molecule has 45 heavy (non-hydrogen) atoms. The first-order valence-electron chi connectivity index (χ1n) is 13.5. The van der Waals surface area contributed by atoms with Crippen LogP contribution >= 0.6 is 11.6 Å². The molecular weight excluding hydrogens is 621 g/mol. The van der Waals surface area contributed by atoms with Crippen molar-refractivity contribution in [3.63, 3.8) is 0 Å². The zero-order chi connectivity index (χ0) is 33.1. The Morgan fingerprint density at radius 3 is 2.40 bits per heavy atom. The van der Waals surface area contributed by atoms with Crippen molar-refractivity contribution in [1.82, 2.24) is 14.0 Å². The van der Waals surface area contributed by atoms with Crippen LogP contribution in [0, 0.1) is 0 Å². The number of halogens is 4. The van der Waals surface area contributed by atoms with E-state index < -0.39 is 41.9 Å². The molecule has 4 rings (SSSR count). The maximum Gasteiger partial charge on any atom is 0.422 e. The van der Waals surface area contributed by atoms with Crippen molar-refractivity contribution in [2.75, 3.05) is 25.6 Å². The Kier molecular flexibility index (Phi) is 9.78. The molecule has 0 saturated carbocycles. The highest BCUT2D eigenvalue weighted by Gasteiger charge is 2.30. The molecule has 1 atom stereocenters. The lowest BCUT2D eigenvalue weighted by Crippen LogP contribution is -2.34. The van der Waals surface area contributed by atoms with Gasteiger partial charge in [0.1, 0.15) is 23.2 Å². The van der Waals surface area contributed by atoms with Crippen LogP contribution in [0.25, 0.3) is 16.8 Å². The number of aromatic nitrogens is 3. The van der Waals surface area contributed by atoms with E-state index >= 15 is 0 Å². The smallest absolute Gasteiger partial charge is 0.422 e. The maximum atomic E-state index is 13.7. The average molecular weight is 651 g/mol. The van der Waals surface area contributed by atoms with Gasteiger partial charge in [0.15, 0.2) is 12.3 Å². The first-order valence-corrected chi connectivity index (χ1v) is 13.9. The normalized spacial score (nSPS) is 12.6. The minimum absolute atomic E-state index is 0.0547. The highest BCUT2D eigenvalue weighted by atomic mass is 35.5. The molecule has 0 spiro atoms. The summed E-state index contributed by atoms with van der Waals surface area (Å²) in [6.07, 6.45) is -0.506. The Bertz CT molecular complexity index is 1780. The van der Waals surface area contributed by atoms with Crippen molar-refractivity contribution in [2.45, 2.75) is 45.0 Å². The van der Waals surface area contributed by atoms with E-state index in [1.54, 1.807) is 0 Å². The fourth-order valence-electron chi connectivity index (χ4n) is 4.41. The molecule has 3 heterocycles. The summed E-state index contributed by atoms with van der Waals surface area (Å²) in [5.74, 6) is -1.93. The van der Waals surface area contributed by atoms with Crippen molar-refractivity contribution in [3.8, 4) is 22.6 Å². The lowest BCUT2D eigenvalue weighted by molar-refractivity contribution is -0.153. The number of methoxy groups -OCH3 is 1. The molecule has 15 heteroatoms. The molecule has 0 bridgehead atoms. The van der Waals surface area contributed by atoms with E-state index in [0.29, 0.717) is 11.3 Å². The Hall–Kier alpha value is -4.56. The second-order valence-electron chi connectivity index (χ2n) is 10.9. The minimum Gasteiger partial charge on any atom is -0.495 e. The highest BCUT2D eigenvalue weighted by molar-refractivity contribution is 6.31. The summed E-state index contributed by atoms with van der Waals surface area (Å²) < 4.78 is 57.7. The third kappa shape index (κ3) is 8.54. The predicted molar refractivity (Wildman–Crippen MR) is 159 cm³/mol. The van der Waals surface area contributed by atoms with E-state index in [2.05, 4.69) is 10.3 Å². The number of hydrogen-bond acceptors (Lipinski definition) is 7. The van der Waals surface area contributed by atoms with E-state index in [1.165, 1.54) is 60.4 Å². The number of nitrogens with one attached hydrogen (secondary N) is 1. The zero-order valence-electron chi connectivity index (χ0n) is 24.6. The molecule has 11 nitrogen and oxygen atoms in total. The van der Waals surface area contributed by atoms with Gasteiger partial charge in [-0.05, 0) is 51.1 Å². The monoisotopic (exact) mass is 650 g/mol. The highest BCUT2D eigenvalue weighted by Crippen LogP contribution is 2.38. The lowest BCUT2D eigenvalue weighted by Gasteiger charge is -2.24. The SMILES string of the molecule is COc1cn(C(CCOC(C)(C)C)C(=O)Nc2ccc3nc(C(=O)O)cn3c2)c(=O)cc1-c1cc(Cl)ccc1OCC(F)(F)F. The average Bonchev–Trinajstić information content (AvgIpc) is 3.38. The number of fused-ring (bicyclic) bond motifs is 1. The van der Waals surface area contributed by atoms with Gasteiger partial charge in [0, 0.05) is 47.6 Å². The van der Waals surface area contributed by atoms with Crippen LogP contribution in [-0.2, 0) is 9.53 Å². The summed E-state index contributed by atoms with van der Waals surface area (Å²) in [5.41, 5.74) is -0.563. The summed E-state index contributed by atoms with van der Waals surface area (Å²) >= 11 is 6.14. The number of ether oxygens (including phenoxy) is 3. The van der Waals surface area contributed by atoms with Crippen molar-refractivity contribution in [2.24, 2.45) is 0 Å². The molecule has 4 aromatic rings. The second-order valence-corrected chi connectivity index (χ2v) is 11.4. The van der Waals surface area contributed by atoms with Gasteiger partial charge < -0.3 is 29.0 Å². The second kappa shape index (κ2) is 13.2. The summed E-state index contributed by atoms with van der Waals surface area (Å²) in [7, 11) is 1.30. The molecule has 0 saturated heterocycles. The van der Waals surface area contributed by atoms with Crippen LogP contribution < -0.4 is 20.3 Å². The van der Waals surface area contributed by atoms with E-state index in [-0.39, 0.29) is 46.4 Å².